The lowest BCUT2D eigenvalue weighted by Crippen LogP contribution is -2.56. The van der Waals surface area contributed by atoms with Crippen LogP contribution in [0, 0.1) is 23.7 Å². The van der Waals surface area contributed by atoms with Crippen molar-refractivity contribution >= 4 is 29.5 Å². The zero-order chi connectivity index (χ0) is 30.6. The van der Waals surface area contributed by atoms with E-state index in [0.29, 0.717) is 24.9 Å². The molecular weight excluding hydrogens is 532 g/mol. The summed E-state index contributed by atoms with van der Waals surface area (Å²) in [5.41, 5.74) is 19.9. The quantitative estimate of drug-likeness (QED) is 0.0954. The molecule has 0 heterocycles. The minimum atomic E-state index is -0.916. The van der Waals surface area contributed by atoms with E-state index < -0.39 is 29.8 Å². The fourth-order valence-electron chi connectivity index (χ4n) is 5.57. The minimum absolute atomic E-state index is 0.0273. The van der Waals surface area contributed by atoms with Gasteiger partial charge in [-0.25, -0.2) is 0 Å². The number of carbonyl (C=O) groups is 3. The normalized spacial score (nSPS) is 15.5. The summed E-state index contributed by atoms with van der Waals surface area (Å²) in [6.45, 7) is 2.32. The Morgan fingerprint density at radius 2 is 1.57 bits per heavy atom. The van der Waals surface area contributed by atoms with E-state index in [0.717, 1.165) is 48.8 Å². The molecule has 1 fully saturated rings. The van der Waals surface area contributed by atoms with Crippen LogP contribution in [-0.4, -0.2) is 48.1 Å². The SMILES string of the molecule is Cc1ccccc1[C@H](Cc1ccc(C(=N)N)cc1)C(=O)N[C@H](C(=O)NC(CCCNC(=N)N)C(N)=O)C1CCCCC1. The van der Waals surface area contributed by atoms with Crippen molar-refractivity contribution in [2.75, 3.05) is 6.54 Å². The van der Waals surface area contributed by atoms with Gasteiger partial charge in [0.2, 0.25) is 17.7 Å². The maximum atomic E-state index is 14.1. The van der Waals surface area contributed by atoms with E-state index in [1.165, 1.54) is 0 Å². The zero-order valence-electron chi connectivity index (χ0n) is 24.2. The Bertz CT molecular complexity index is 1260. The van der Waals surface area contributed by atoms with Gasteiger partial charge < -0.3 is 33.2 Å². The second kappa shape index (κ2) is 15.6. The summed E-state index contributed by atoms with van der Waals surface area (Å²) in [7, 11) is 0. The van der Waals surface area contributed by atoms with Crippen LogP contribution in [0.2, 0.25) is 0 Å². The van der Waals surface area contributed by atoms with Crippen LogP contribution in [0.4, 0.5) is 0 Å². The number of benzene rings is 2. The van der Waals surface area contributed by atoms with E-state index in [4.69, 9.17) is 28.0 Å². The first-order valence-electron chi connectivity index (χ1n) is 14.5. The lowest BCUT2D eigenvalue weighted by Gasteiger charge is -2.32. The Balaban J connectivity index is 1.84. The predicted molar refractivity (Wildman–Crippen MR) is 164 cm³/mol. The van der Waals surface area contributed by atoms with Crippen LogP contribution in [-0.2, 0) is 20.8 Å². The Hall–Kier alpha value is -4.41. The second-order valence-electron chi connectivity index (χ2n) is 11.1. The van der Waals surface area contributed by atoms with Crippen molar-refractivity contribution in [3.63, 3.8) is 0 Å². The van der Waals surface area contributed by atoms with Crippen molar-refractivity contribution in [3.05, 3.63) is 70.8 Å². The van der Waals surface area contributed by atoms with E-state index in [1.807, 2.05) is 43.3 Å². The molecule has 226 valence electrons. The molecule has 1 saturated carbocycles. The number of amidine groups is 1. The van der Waals surface area contributed by atoms with Crippen molar-refractivity contribution < 1.29 is 14.4 Å². The second-order valence-corrected chi connectivity index (χ2v) is 11.1. The van der Waals surface area contributed by atoms with Gasteiger partial charge in [-0.2, -0.15) is 0 Å². The highest BCUT2D eigenvalue weighted by molar-refractivity contribution is 5.95. The number of nitrogen functional groups attached to an aromatic ring is 1. The number of rotatable bonds is 14. The van der Waals surface area contributed by atoms with Gasteiger partial charge in [-0.05, 0) is 61.6 Å². The van der Waals surface area contributed by atoms with E-state index in [1.54, 1.807) is 12.1 Å². The molecule has 1 aliphatic rings. The molecule has 3 amide bonds. The van der Waals surface area contributed by atoms with Crippen molar-refractivity contribution in [1.82, 2.24) is 16.0 Å². The summed E-state index contributed by atoms with van der Waals surface area (Å²) < 4.78 is 0. The number of primary amides is 1. The smallest absolute Gasteiger partial charge is 0.243 e. The Morgan fingerprint density at radius 1 is 0.905 bits per heavy atom. The number of nitrogens with two attached hydrogens (primary N) is 3. The Morgan fingerprint density at radius 3 is 2.17 bits per heavy atom. The molecule has 42 heavy (non-hydrogen) atoms. The van der Waals surface area contributed by atoms with Crippen LogP contribution >= 0.6 is 0 Å². The van der Waals surface area contributed by atoms with E-state index in [2.05, 4.69) is 16.0 Å². The average Bonchev–Trinajstić information content (AvgIpc) is 2.96. The highest BCUT2D eigenvalue weighted by Gasteiger charge is 2.35. The molecule has 2 aromatic carbocycles. The molecule has 3 atom stereocenters. The fraction of sp³-hybridized carbons (Fsp3) is 0.452. The first-order chi connectivity index (χ1) is 20.1. The first-order valence-corrected chi connectivity index (χ1v) is 14.5. The Kier molecular flexibility index (Phi) is 11.9. The summed E-state index contributed by atoms with van der Waals surface area (Å²) in [5, 5.41) is 23.5. The third kappa shape index (κ3) is 9.32. The number of aryl methyl sites for hydroxylation is 1. The highest BCUT2D eigenvalue weighted by Crippen LogP contribution is 2.29. The lowest BCUT2D eigenvalue weighted by molar-refractivity contribution is -0.133. The van der Waals surface area contributed by atoms with Gasteiger partial charge in [-0.1, -0.05) is 67.8 Å². The number of guanidine groups is 1. The molecule has 0 radical (unpaired) electrons. The van der Waals surface area contributed by atoms with E-state index in [9.17, 15) is 14.4 Å². The number of hydrogen-bond acceptors (Lipinski definition) is 5. The van der Waals surface area contributed by atoms with Gasteiger partial charge >= 0.3 is 0 Å². The molecule has 0 bridgehead atoms. The van der Waals surface area contributed by atoms with E-state index >= 15 is 0 Å². The maximum absolute atomic E-state index is 14.1. The molecule has 11 nitrogen and oxygen atoms in total. The third-order valence-electron chi connectivity index (χ3n) is 7.93. The number of carbonyl (C=O) groups excluding carboxylic acids is 3. The minimum Gasteiger partial charge on any atom is -0.384 e. The maximum Gasteiger partial charge on any atom is 0.243 e. The average molecular weight is 577 g/mol. The van der Waals surface area contributed by atoms with Gasteiger partial charge in [0.15, 0.2) is 5.96 Å². The molecule has 2 aromatic rings. The predicted octanol–water partition coefficient (Wildman–Crippen LogP) is 1.90. The van der Waals surface area contributed by atoms with Crippen LogP contribution in [0.5, 0.6) is 0 Å². The first kappa shape index (κ1) is 32.1. The number of amides is 3. The van der Waals surface area contributed by atoms with Crippen LogP contribution in [0.1, 0.15) is 73.1 Å². The molecule has 11 heteroatoms. The lowest BCUT2D eigenvalue weighted by atomic mass is 9.82. The number of nitrogens with one attached hydrogen (secondary N) is 5. The molecular formula is C31H44N8O3. The molecule has 11 N–H and O–H groups in total. The van der Waals surface area contributed by atoms with E-state index in [-0.39, 0.29) is 30.0 Å². The number of hydrogen-bond donors (Lipinski definition) is 8. The summed E-state index contributed by atoms with van der Waals surface area (Å²) in [6.07, 6.45) is 5.72. The molecule has 3 rings (SSSR count). The van der Waals surface area contributed by atoms with Crippen LogP contribution in [0.25, 0.3) is 0 Å². The molecule has 0 spiro atoms. The van der Waals surface area contributed by atoms with Gasteiger partial charge in [0, 0.05) is 12.1 Å². The highest BCUT2D eigenvalue weighted by atomic mass is 16.2. The van der Waals surface area contributed by atoms with Crippen molar-refractivity contribution in [3.8, 4) is 0 Å². The van der Waals surface area contributed by atoms with Gasteiger partial charge in [0.1, 0.15) is 17.9 Å². The zero-order valence-corrected chi connectivity index (χ0v) is 24.2. The van der Waals surface area contributed by atoms with Crippen molar-refractivity contribution in [2.45, 2.75) is 76.3 Å². The topological polar surface area (TPSA) is 213 Å². The summed E-state index contributed by atoms with van der Waals surface area (Å²) in [4.78, 5) is 39.9. The summed E-state index contributed by atoms with van der Waals surface area (Å²) in [6, 6.07) is 13.2. The monoisotopic (exact) mass is 576 g/mol. The molecule has 0 saturated heterocycles. The summed E-state index contributed by atoms with van der Waals surface area (Å²) >= 11 is 0. The van der Waals surface area contributed by atoms with Gasteiger partial charge in [0.25, 0.3) is 0 Å². The summed E-state index contributed by atoms with van der Waals surface area (Å²) in [5.74, 6) is -2.19. The van der Waals surface area contributed by atoms with Crippen molar-refractivity contribution in [2.24, 2.45) is 23.1 Å². The van der Waals surface area contributed by atoms with Gasteiger partial charge in [-0.3, -0.25) is 25.2 Å². The molecule has 1 aliphatic carbocycles. The van der Waals surface area contributed by atoms with Gasteiger partial charge in [0.05, 0.1) is 5.92 Å². The van der Waals surface area contributed by atoms with Crippen LogP contribution < -0.4 is 33.2 Å². The van der Waals surface area contributed by atoms with Gasteiger partial charge in [-0.15, -0.1) is 0 Å². The van der Waals surface area contributed by atoms with Crippen LogP contribution in [0.15, 0.2) is 48.5 Å². The standard InChI is InChI=1S/C31H44N8O3/c1-19-8-5-6-11-23(19)24(18-20-13-15-22(16-14-20)27(32)33)29(41)39-26(21-9-3-2-4-10-21)30(42)38-25(28(34)40)12-7-17-37-31(35)36/h5-6,8,11,13-16,21,24-26H,2-4,7,9-10,12,17-18H2,1H3,(H3,32,33)(H2,34,40)(H,38,42)(H,39,41)(H4,35,36,37)/t24-,25?,26-/m0/s1. The van der Waals surface area contributed by atoms with Crippen LogP contribution in [0.3, 0.4) is 0 Å². The molecule has 0 aliphatic heterocycles. The largest absolute Gasteiger partial charge is 0.384 e. The third-order valence-corrected chi connectivity index (χ3v) is 7.93. The fourth-order valence-corrected chi connectivity index (χ4v) is 5.57. The molecule has 1 unspecified atom stereocenters. The molecule has 0 aromatic heterocycles. The van der Waals surface area contributed by atoms with Crippen molar-refractivity contribution in [1.29, 1.82) is 10.8 Å². The Labute approximate surface area is 247 Å².